The van der Waals surface area contributed by atoms with Crippen LogP contribution in [-0.4, -0.2) is 21.8 Å². The molecule has 1 N–H and O–H groups in total. The molecule has 3 amide bonds. The highest BCUT2D eigenvalue weighted by Gasteiger charge is 2.55. The Bertz CT molecular complexity index is 1050. The quantitative estimate of drug-likeness (QED) is 0.710. The van der Waals surface area contributed by atoms with Gasteiger partial charge in [0.15, 0.2) is 0 Å². The molecule has 2 aromatic carbocycles. The number of benzene rings is 2. The number of aryl methyl sites for hydroxylation is 1. The van der Waals surface area contributed by atoms with Crippen molar-refractivity contribution >= 4 is 23.3 Å². The third kappa shape index (κ3) is 2.48. The minimum absolute atomic E-state index is 0.174. The number of urea groups is 1. The molecule has 2 aliphatic rings. The fourth-order valence-corrected chi connectivity index (χ4v) is 4.81. The van der Waals surface area contributed by atoms with Crippen LogP contribution in [0.25, 0.3) is 10.6 Å². The molecule has 134 valence electrons. The maximum atomic E-state index is 13.2. The molecule has 2 heterocycles. The highest BCUT2D eigenvalue weighted by atomic mass is 32.1. The number of carbonyl (C=O) groups is 2. The number of aromatic nitrogens is 1. The highest BCUT2D eigenvalue weighted by molar-refractivity contribution is 7.13. The van der Waals surface area contributed by atoms with Crippen LogP contribution in [0.2, 0.25) is 0 Å². The Morgan fingerprint density at radius 3 is 2.70 bits per heavy atom. The van der Waals surface area contributed by atoms with Crippen LogP contribution < -0.4 is 5.32 Å². The van der Waals surface area contributed by atoms with Gasteiger partial charge in [-0.05, 0) is 24.0 Å². The summed E-state index contributed by atoms with van der Waals surface area (Å²) in [6.07, 6.45) is 1.41. The van der Waals surface area contributed by atoms with E-state index in [2.05, 4.69) is 10.3 Å². The summed E-state index contributed by atoms with van der Waals surface area (Å²) >= 11 is 1.52. The summed E-state index contributed by atoms with van der Waals surface area (Å²) in [4.78, 5) is 31.7. The minimum Gasteiger partial charge on any atom is -0.319 e. The molecule has 1 fully saturated rings. The number of hydrogen-bond acceptors (Lipinski definition) is 4. The predicted octanol–water partition coefficient (Wildman–Crippen LogP) is 3.70. The van der Waals surface area contributed by atoms with Gasteiger partial charge in [-0.15, -0.1) is 11.3 Å². The third-order valence-electron chi connectivity index (χ3n) is 5.31. The van der Waals surface area contributed by atoms with Crippen LogP contribution in [0.1, 0.15) is 23.2 Å². The summed E-state index contributed by atoms with van der Waals surface area (Å²) in [5, 5.41) is 5.76. The van der Waals surface area contributed by atoms with E-state index in [-0.39, 0.29) is 18.5 Å². The van der Waals surface area contributed by atoms with Crippen molar-refractivity contribution in [3.63, 3.8) is 0 Å². The first-order valence-corrected chi connectivity index (χ1v) is 9.78. The highest BCUT2D eigenvalue weighted by Crippen LogP contribution is 2.41. The van der Waals surface area contributed by atoms with Crippen LogP contribution in [0.15, 0.2) is 60.0 Å². The average molecular weight is 375 g/mol. The number of hydrogen-bond donors (Lipinski definition) is 1. The van der Waals surface area contributed by atoms with Crippen molar-refractivity contribution in [3.05, 3.63) is 76.8 Å². The molecule has 1 atom stereocenters. The molecule has 1 unspecified atom stereocenters. The number of amides is 3. The van der Waals surface area contributed by atoms with Crippen molar-refractivity contribution in [2.45, 2.75) is 24.9 Å². The number of carbonyl (C=O) groups excluding carboxylic acids is 2. The lowest BCUT2D eigenvalue weighted by Crippen LogP contribution is -2.41. The van der Waals surface area contributed by atoms with Crippen molar-refractivity contribution in [3.8, 4) is 10.6 Å². The number of nitrogens with one attached hydrogen (secondary N) is 1. The van der Waals surface area contributed by atoms with Crippen molar-refractivity contribution in [2.24, 2.45) is 0 Å². The summed E-state index contributed by atoms with van der Waals surface area (Å²) in [6.45, 7) is 0.192. The van der Waals surface area contributed by atoms with Crippen LogP contribution in [-0.2, 0) is 23.3 Å². The first kappa shape index (κ1) is 16.2. The number of thiazole rings is 1. The van der Waals surface area contributed by atoms with Gasteiger partial charge in [-0.25, -0.2) is 9.78 Å². The predicted molar refractivity (Wildman–Crippen MR) is 103 cm³/mol. The normalized spacial score (nSPS) is 21.0. The summed E-state index contributed by atoms with van der Waals surface area (Å²) in [7, 11) is 0. The lowest BCUT2D eigenvalue weighted by Gasteiger charge is -2.22. The van der Waals surface area contributed by atoms with Gasteiger partial charge >= 0.3 is 6.03 Å². The third-order valence-corrected chi connectivity index (χ3v) is 6.25. The Labute approximate surface area is 160 Å². The van der Waals surface area contributed by atoms with Crippen LogP contribution >= 0.6 is 11.3 Å². The van der Waals surface area contributed by atoms with Crippen molar-refractivity contribution < 1.29 is 9.59 Å². The fourth-order valence-electron chi connectivity index (χ4n) is 3.99. The summed E-state index contributed by atoms with van der Waals surface area (Å²) < 4.78 is 0. The van der Waals surface area contributed by atoms with Crippen LogP contribution in [0.5, 0.6) is 0 Å². The van der Waals surface area contributed by atoms with Gasteiger partial charge in [0, 0.05) is 10.9 Å². The summed E-state index contributed by atoms with van der Waals surface area (Å²) in [5.41, 5.74) is 2.91. The van der Waals surface area contributed by atoms with E-state index in [9.17, 15) is 9.59 Å². The van der Waals surface area contributed by atoms with Gasteiger partial charge in [0.2, 0.25) is 0 Å². The van der Waals surface area contributed by atoms with Crippen LogP contribution in [0.4, 0.5) is 4.79 Å². The van der Waals surface area contributed by atoms with Gasteiger partial charge < -0.3 is 5.32 Å². The average Bonchev–Trinajstić information content (AvgIpc) is 3.38. The van der Waals surface area contributed by atoms with Crippen molar-refractivity contribution in [2.75, 3.05) is 0 Å². The Kier molecular flexibility index (Phi) is 3.62. The van der Waals surface area contributed by atoms with E-state index in [0.717, 1.165) is 33.8 Å². The van der Waals surface area contributed by atoms with E-state index in [4.69, 9.17) is 0 Å². The smallest absolute Gasteiger partial charge is 0.319 e. The molecule has 0 saturated carbocycles. The molecular weight excluding hydrogens is 358 g/mol. The zero-order valence-electron chi connectivity index (χ0n) is 14.5. The zero-order chi connectivity index (χ0) is 18.4. The molecular formula is C21H17N3O2S. The Hall–Kier alpha value is -2.99. The van der Waals surface area contributed by atoms with Gasteiger partial charge in [0.25, 0.3) is 5.91 Å². The lowest BCUT2D eigenvalue weighted by atomic mass is 9.92. The molecule has 1 aromatic heterocycles. The first-order chi connectivity index (χ1) is 13.2. The number of imide groups is 1. The van der Waals surface area contributed by atoms with E-state index in [1.165, 1.54) is 16.2 Å². The summed E-state index contributed by atoms with van der Waals surface area (Å²) in [5.74, 6) is -0.174. The molecule has 1 saturated heterocycles. The van der Waals surface area contributed by atoms with E-state index < -0.39 is 5.54 Å². The van der Waals surface area contributed by atoms with Gasteiger partial charge in [0.05, 0.1) is 12.2 Å². The van der Waals surface area contributed by atoms with Crippen LogP contribution in [0.3, 0.4) is 0 Å². The van der Waals surface area contributed by atoms with Crippen molar-refractivity contribution in [1.82, 2.24) is 15.2 Å². The lowest BCUT2D eigenvalue weighted by molar-refractivity contribution is -0.132. The second kappa shape index (κ2) is 6.03. The second-order valence-corrected chi connectivity index (χ2v) is 7.75. The van der Waals surface area contributed by atoms with E-state index in [1.54, 1.807) is 0 Å². The molecule has 0 radical (unpaired) electrons. The van der Waals surface area contributed by atoms with E-state index in [1.807, 2.05) is 60.0 Å². The fraction of sp³-hybridized carbons (Fsp3) is 0.190. The molecule has 3 aromatic rings. The molecule has 1 spiro atoms. The van der Waals surface area contributed by atoms with Gasteiger partial charge in [-0.2, -0.15) is 0 Å². The van der Waals surface area contributed by atoms with Gasteiger partial charge in [-0.3, -0.25) is 9.69 Å². The molecule has 1 aliphatic carbocycles. The van der Waals surface area contributed by atoms with Gasteiger partial charge in [0.1, 0.15) is 10.5 Å². The van der Waals surface area contributed by atoms with Crippen LogP contribution in [0, 0.1) is 0 Å². The number of rotatable bonds is 3. The Balaban J connectivity index is 1.42. The van der Waals surface area contributed by atoms with E-state index >= 15 is 0 Å². The number of fused-ring (bicyclic) bond motifs is 2. The standard InChI is InChI=1S/C21H17N3O2S/c25-19-21(11-10-14-6-4-5-9-17(14)21)23-20(26)24(19)12-16-13-27-18(22-16)15-7-2-1-3-8-15/h1-9,13H,10-12H2,(H,23,26). The van der Waals surface area contributed by atoms with Crippen molar-refractivity contribution in [1.29, 1.82) is 0 Å². The topological polar surface area (TPSA) is 62.3 Å². The molecule has 5 rings (SSSR count). The number of nitrogens with zero attached hydrogens (tertiary/aromatic N) is 2. The summed E-state index contributed by atoms with van der Waals surface area (Å²) in [6, 6.07) is 17.4. The monoisotopic (exact) mass is 375 g/mol. The maximum Gasteiger partial charge on any atom is 0.325 e. The second-order valence-electron chi connectivity index (χ2n) is 6.89. The Morgan fingerprint density at radius 1 is 1.07 bits per heavy atom. The first-order valence-electron chi connectivity index (χ1n) is 8.90. The molecule has 27 heavy (non-hydrogen) atoms. The minimum atomic E-state index is -0.911. The zero-order valence-corrected chi connectivity index (χ0v) is 15.3. The SMILES string of the molecule is O=C1NC2(CCc3ccccc32)C(=O)N1Cc1csc(-c2ccccc2)n1. The van der Waals surface area contributed by atoms with Gasteiger partial charge in [-0.1, -0.05) is 54.6 Å². The Morgan fingerprint density at radius 2 is 1.85 bits per heavy atom. The molecule has 1 aliphatic heterocycles. The van der Waals surface area contributed by atoms with E-state index in [0.29, 0.717) is 6.42 Å². The maximum absolute atomic E-state index is 13.2. The molecule has 0 bridgehead atoms. The largest absolute Gasteiger partial charge is 0.325 e. The molecule has 5 nitrogen and oxygen atoms in total. The molecule has 6 heteroatoms.